The number of benzene rings is 2. The molecule has 2 aromatic carbocycles. The predicted octanol–water partition coefficient (Wildman–Crippen LogP) is 6.67. The number of fused-ring (bicyclic) bond motifs is 2. The van der Waals surface area contributed by atoms with Crippen molar-refractivity contribution >= 4 is 24.5 Å². The smallest absolute Gasteiger partial charge is 0.261 e. The van der Waals surface area contributed by atoms with Gasteiger partial charge >= 0.3 is 0 Å². The Morgan fingerprint density at radius 1 is 0.951 bits per heavy atom. The van der Waals surface area contributed by atoms with Gasteiger partial charge in [0.05, 0.1) is 17.6 Å². The molecule has 2 aromatic rings. The number of carbonyl (C=O) groups excluding carboxylic acids is 1. The van der Waals surface area contributed by atoms with Gasteiger partial charge in [0.1, 0.15) is 11.4 Å². The molecule has 41 heavy (non-hydrogen) atoms. The highest BCUT2D eigenvalue weighted by molar-refractivity contribution is 6.99. The number of hydrogen-bond acceptors (Lipinski definition) is 4. The summed E-state index contributed by atoms with van der Waals surface area (Å²) < 4.78 is 13.4. The number of aliphatic hydroxyl groups is 1. The molecule has 3 fully saturated rings. The van der Waals surface area contributed by atoms with Crippen molar-refractivity contribution in [1.29, 1.82) is 0 Å². The van der Waals surface area contributed by atoms with Gasteiger partial charge in [0.2, 0.25) is 0 Å². The van der Waals surface area contributed by atoms with Crippen molar-refractivity contribution in [2.45, 2.75) is 116 Å². The van der Waals surface area contributed by atoms with Crippen LogP contribution in [0.2, 0.25) is 5.04 Å². The van der Waals surface area contributed by atoms with Crippen LogP contribution >= 0.6 is 0 Å². The second kappa shape index (κ2) is 10.4. The second-order valence-electron chi connectivity index (χ2n) is 15.8. The van der Waals surface area contributed by atoms with Crippen LogP contribution in [0.25, 0.3) is 0 Å². The average molecular weight is 577 g/mol. The summed E-state index contributed by atoms with van der Waals surface area (Å²) in [5.41, 5.74) is -1.44. The van der Waals surface area contributed by atoms with E-state index in [0.717, 1.165) is 19.3 Å². The lowest BCUT2D eigenvalue weighted by atomic mass is 9.45. The average Bonchev–Trinajstić information content (AvgIpc) is 3.55. The van der Waals surface area contributed by atoms with Crippen molar-refractivity contribution in [2.24, 2.45) is 22.7 Å². The number of carbonyl (C=O) groups is 1. The van der Waals surface area contributed by atoms with E-state index >= 15 is 0 Å². The molecule has 0 bridgehead atoms. The van der Waals surface area contributed by atoms with Crippen LogP contribution in [0.15, 0.2) is 60.7 Å². The van der Waals surface area contributed by atoms with Crippen molar-refractivity contribution in [2.75, 3.05) is 6.61 Å². The van der Waals surface area contributed by atoms with Crippen LogP contribution in [0.1, 0.15) is 93.9 Å². The molecule has 1 heterocycles. The summed E-state index contributed by atoms with van der Waals surface area (Å²) in [4.78, 5) is 14.2. The lowest BCUT2D eigenvalue weighted by molar-refractivity contribution is -0.145. The van der Waals surface area contributed by atoms with Gasteiger partial charge in [-0.3, -0.25) is 4.79 Å². The molecule has 4 nitrogen and oxygen atoms in total. The number of Topliss-reactive ketones (excluding diaryl/α,β-unsaturated/α-hetero) is 1. The topological polar surface area (TPSA) is 59.1 Å². The zero-order valence-corrected chi connectivity index (χ0v) is 27.6. The number of ether oxygens (including phenoxy) is 1. The molecule has 0 spiro atoms. The Morgan fingerprint density at radius 3 is 2.05 bits per heavy atom. The Hall–Kier alpha value is -1.79. The predicted molar refractivity (Wildman–Crippen MR) is 169 cm³/mol. The fourth-order valence-electron chi connectivity index (χ4n) is 9.22. The van der Waals surface area contributed by atoms with Gasteiger partial charge in [0, 0.05) is 13.0 Å². The quantitative estimate of drug-likeness (QED) is 0.267. The molecule has 6 atom stereocenters. The van der Waals surface area contributed by atoms with Gasteiger partial charge in [-0.25, -0.2) is 0 Å². The van der Waals surface area contributed by atoms with E-state index in [1.54, 1.807) is 0 Å². The van der Waals surface area contributed by atoms with E-state index in [4.69, 9.17) is 9.16 Å². The highest BCUT2D eigenvalue weighted by Gasteiger charge is 2.72. The standard InChI is InChI=1S/C36H52O4Si/c1-32(2,3)41(26-16-11-9-12-17-26,27-18-13-10-14-19-27)39-23-22-34(6,38)25-28(37)31-35(7)21-15-20-33(4,5)29(35)24-30-36(31,8)40-30/h9-14,16-19,29-31,38H,15,20-25H2,1-8H3/t29-,30+,31+,34-,35-,36+/m0/s1. The molecule has 0 unspecified atom stereocenters. The Labute approximate surface area is 249 Å². The SMILES string of the molecule is CC1(C)CCC[C@]2(C)[C@@H](C(=O)C[C@@](C)(O)CCO[Si](c3ccccc3)(c3ccccc3)C(C)(C)C)[C@]3(C)O[C@@H]3C[C@@H]12. The number of epoxide rings is 1. The summed E-state index contributed by atoms with van der Waals surface area (Å²) in [7, 11) is -2.71. The maximum absolute atomic E-state index is 14.2. The van der Waals surface area contributed by atoms with E-state index < -0.39 is 19.5 Å². The molecule has 1 N–H and O–H groups in total. The third kappa shape index (κ3) is 5.30. The minimum atomic E-state index is -2.71. The van der Waals surface area contributed by atoms with Gasteiger partial charge in [-0.05, 0) is 71.7 Å². The molecule has 224 valence electrons. The Morgan fingerprint density at radius 2 is 1.51 bits per heavy atom. The van der Waals surface area contributed by atoms with Crippen LogP contribution in [0.3, 0.4) is 0 Å². The summed E-state index contributed by atoms with van der Waals surface area (Å²) in [6, 6.07) is 21.2. The molecular weight excluding hydrogens is 524 g/mol. The number of rotatable bonds is 9. The minimum absolute atomic E-state index is 0.0952. The van der Waals surface area contributed by atoms with E-state index in [2.05, 4.69) is 97.0 Å². The molecule has 5 heteroatoms. The molecule has 0 amide bonds. The van der Waals surface area contributed by atoms with Crippen molar-refractivity contribution in [3.63, 3.8) is 0 Å². The van der Waals surface area contributed by atoms with Gasteiger partial charge in [0.25, 0.3) is 8.32 Å². The first kappa shape index (κ1) is 30.7. The van der Waals surface area contributed by atoms with Crippen LogP contribution < -0.4 is 10.4 Å². The zero-order chi connectivity index (χ0) is 29.9. The molecular formula is C36H52O4Si. The molecule has 0 aromatic heterocycles. The third-order valence-electron chi connectivity index (χ3n) is 11.2. The fourth-order valence-corrected chi connectivity index (χ4v) is 13.8. The first-order valence-corrected chi connectivity index (χ1v) is 17.7. The Balaban J connectivity index is 1.36. The van der Waals surface area contributed by atoms with Crippen LogP contribution in [-0.4, -0.2) is 43.1 Å². The van der Waals surface area contributed by atoms with Crippen LogP contribution in [0.4, 0.5) is 0 Å². The van der Waals surface area contributed by atoms with Gasteiger partial charge in [-0.2, -0.15) is 0 Å². The number of hydrogen-bond donors (Lipinski definition) is 1. The highest BCUT2D eigenvalue weighted by Crippen LogP contribution is 2.68. The van der Waals surface area contributed by atoms with E-state index in [0.29, 0.717) is 18.9 Å². The van der Waals surface area contributed by atoms with Gasteiger partial charge in [0.15, 0.2) is 0 Å². The molecule has 0 radical (unpaired) electrons. The van der Waals surface area contributed by atoms with Crippen molar-refractivity contribution in [3.05, 3.63) is 60.7 Å². The van der Waals surface area contributed by atoms with Gasteiger partial charge < -0.3 is 14.3 Å². The van der Waals surface area contributed by atoms with Crippen LogP contribution in [0.5, 0.6) is 0 Å². The highest BCUT2D eigenvalue weighted by atomic mass is 28.4. The number of ketones is 1. The van der Waals surface area contributed by atoms with Crippen molar-refractivity contribution < 1.29 is 19.1 Å². The van der Waals surface area contributed by atoms with E-state index in [9.17, 15) is 9.90 Å². The molecule has 3 aliphatic rings. The molecule has 5 rings (SSSR count). The van der Waals surface area contributed by atoms with Crippen molar-refractivity contribution in [1.82, 2.24) is 0 Å². The first-order chi connectivity index (χ1) is 19.1. The fraction of sp³-hybridized carbons (Fsp3) is 0.639. The summed E-state index contributed by atoms with van der Waals surface area (Å²) in [5, 5.41) is 14.0. The monoisotopic (exact) mass is 576 g/mol. The molecule has 1 saturated heterocycles. The summed E-state index contributed by atoms with van der Waals surface area (Å²) in [6.07, 6.45) is 5.16. The summed E-state index contributed by atoms with van der Waals surface area (Å²) in [6.45, 7) is 18.2. The maximum atomic E-state index is 14.2. The largest absolute Gasteiger partial charge is 0.407 e. The van der Waals surface area contributed by atoms with E-state index in [-0.39, 0.29) is 40.1 Å². The second-order valence-corrected chi connectivity index (χ2v) is 20.1. The van der Waals surface area contributed by atoms with Gasteiger partial charge in [-0.1, -0.05) is 109 Å². The van der Waals surface area contributed by atoms with E-state index in [1.807, 2.05) is 19.1 Å². The molecule has 2 aliphatic carbocycles. The Kier molecular flexibility index (Phi) is 7.80. The van der Waals surface area contributed by atoms with E-state index in [1.165, 1.54) is 16.8 Å². The molecule has 1 aliphatic heterocycles. The lowest BCUT2D eigenvalue weighted by Gasteiger charge is -2.57. The Bertz CT molecular complexity index is 1190. The van der Waals surface area contributed by atoms with Gasteiger partial charge in [-0.15, -0.1) is 0 Å². The van der Waals surface area contributed by atoms with Crippen LogP contribution in [-0.2, 0) is 14.0 Å². The third-order valence-corrected chi connectivity index (χ3v) is 16.2. The zero-order valence-electron chi connectivity index (χ0n) is 26.6. The normalized spacial score (nSPS) is 32.4. The van der Waals surface area contributed by atoms with Crippen LogP contribution in [0, 0.1) is 22.7 Å². The first-order valence-electron chi connectivity index (χ1n) is 15.7. The summed E-state index contributed by atoms with van der Waals surface area (Å²) >= 11 is 0. The lowest BCUT2D eigenvalue weighted by Crippen LogP contribution is -2.66. The summed E-state index contributed by atoms with van der Waals surface area (Å²) in [5.74, 6) is 0.444. The maximum Gasteiger partial charge on any atom is 0.261 e. The van der Waals surface area contributed by atoms with Crippen molar-refractivity contribution in [3.8, 4) is 0 Å². The molecule has 2 saturated carbocycles. The minimum Gasteiger partial charge on any atom is -0.407 e.